The van der Waals surface area contributed by atoms with Crippen LogP contribution in [0.5, 0.6) is 0 Å². The van der Waals surface area contributed by atoms with Gasteiger partial charge in [-0.3, -0.25) is 4.79 Å². The minimum atomic E-state index is -1.90. The van der Waals surface area contributed by atoms with Crippen LogP contribution in [-0.2, 0) is 4.79 Å². The lowest BCUT2D eigenvalue weighted by Crippen LogP contribution is -2.27. The molecule has 2 unspecified atom stereocenters. The van der Waals surface area contributed by atoms with Crippen molar-refractivity contribution in [3.05, 3.63) is 35.4 Å². The minimum Gasteiger partial charge on any atom is -0.479 e. The largest absolute Gasteiger partial charge is 0.479 e. The van der Waals surface area contributed by atoms with Gasteiger partial charge in [0.25, 0.3) is 0 Å². The van der Waals surface area contributed by atoms with Gasteiger partial charge in [-0.2, -0.15) is 0 Å². The maximum atomic E-state index is 11.1. The van der Waals surface area contributed by atoms with Crippen molar-refractivity contribution in [2.24, 2.45) is 0 Å². The lowest BCUT2D eigenvalue weighted by molar-refractivity contribution is -0.153. The van der Waals surface area contributed by atoms with E-state index in [1.54, 1.807) is 6.07 Å². The number of benzene rings is 1. The molecule has 0 aliphatic heterocycles. The average molecular weight is 224 g/mol. The van der Waals surface area contributed by atoms with Crippen molar-refractivity contribution in [3.63, 3.8) is 0 Å². The van der Waals surface area contributed by atoms with Crippen LogP contribution in [0.15, 0.2) is 24.3 Å². The Morgan fingerprint density at radius 3 is 2.38 bits per heavy atom. The van der Waals surface area contributed by atoms with E-state index in [-0.39, 0.29) is 11.3 Å². The van der Waals surface area contributed by atoms with Crippen molar-refractivity contribution in [2.45, 2.75) is 19.1 Å². The third-order valence-corrected chi connectivity index (χ3v) is 2.19. The summed E-state index contributed by atoms with van der Waals surface area (Å²) >= 11 is 0. The molecule has 0 amide bonds. The molecule has 0 aliphatic rings. The van der Waals surface area contributed by atoms with Crippen LogP contribution in [0, 0.1) is 0 Å². The Labute approximate surface area is 92.0 Å². The van der Waals surface area contributed by atoms with Gasteiger partial charge >= 0.3 is 5.97 Å². The second-order valence-corrected chi connectivity index (χ2v) is 3.41. The van der Waals surface area contributed by atoms with Crippen LogP contribution >= 0.6 is 0 Å². The van der Waals surface area contributed by atoms with Gasteiger partial charge in [0.2, 0.25) is 0 Å². The van der Waals surface area contributed by atoms with Gasteiger partial charge in [-0.05, 0) is 18.6 Å². The lowest BCUT2D eigenvalue weighted by atomic mass is 10.0. The van der Waals surface area contributed by atoms with Gasteiger partial charge in [0, 0.05) is 5.56 Å². The third kappa shape index (κ3) is 2.65. The van der Waals surface area contributed by atoms with Crippen LogP contribution in [0.2, 0.25) is 0 Å². The monoisotopic (exact) mass is 224 g/mol. The van der Waals surface area contributed by atoms with Crippen LogP contribution in [0.4, 0.5) is 0 Å². The molecule has 0 aromatic heterocycles. The molecule has 0 fully saturated rings. The Bertz CT molecular complexity index is 413. The molecule has 0 heterocycles. The van der Waals surface area contributed by atoms with E-state index in [0.29, 0.717) is 5.56 Å². The fourth-order valence-electron chi connectivity index (χ4n) is 1.26. The minimum absolute atomic E-state index is 0.195. The maximum absolute atomic E-state index is 11.1. The first kappa shape index (κ1) is 12.4. The van der Waals surface area contributed by atoms with Crippen molar-refractivity contribution in [1.82, 2.24) is 0 Å². The number of carboxylic acid groups (broad SMARTS) is 1. The normalized spacial score (nSPS) is 14.2. The zero-order valence-corrected chi connectivity index (χ0v) is 8.62. The molecule has 0 bridgehead atoms. The van der Waals surface area contributed by atoms with Crippen LogP contribution in [0.1, 0.15) is 28.9 Å². The number of Topliss-reactive ketones (excluding diaryl/α,β-unsaturated/α-hetero) is 1. The fourth-order valence-corrected chi connectivity index (χ4v) is 1.26. The summed E-state index contributed by atoms with van der Waals surface area (Å²) in [6.07, 6.45) is -3.45. The van der Waals surface area contributed by atoms with Gasteiger partial charge in [0.1, 0.15) is 6.10 Å². The number of rotatable bonds is 4. The van der Waals surface area contributed by atoms with Crippen LogP contribution in [0.25, 0.3) is 0 Å². The molecule has 5 nitrogen and oxygen atoms in total. The van der Waals surface area contributed by atoms with Gasteiger partial charge in [-0.25, -0.2) is 4.79 Å². The molecule has 1 rings (SSSR count). The highest BCUT2D eigenvalue weighted by Crippen LogP contribution is 2.18. The summed E-state index contributed by atoms with van der Waals surface area (Å²) in [6, 6.07) is 5.87. The SMILES string of the molecule is CC(=O)c1cccc(C(O)C(O)C(=O)O)c1. The molecule has 0 spiro atoms. The molecule has 0 saturated heterocycles. The first-order chi connectivity index (χ1) is 7.43. The van der Waals surface area contributed by atoms with Crippen LogP contribution < -0.4 is 0 Å². The molecule has 3 N–H and O–H groups in total. The summed E-state index contributed by atoms with van der Waals surface area (Å²) in [5.74, 6) is -1.71. The van der Waals surface area contributed by atoms with Crippen LogP contribution in [0.3, 0.4) is 0 Å². The molecule has 0 aliphatic carbocycles. The Morgan fingerprint density at radius 1 is 1.25 bits per heavy atom. The van der Waals surface area contributed by atoms with Crippen molar-refractivity contribution >= 4 is 11.8 Å². The Morgan fingerprint density at radius 2 is 1.88 bits per heavy atom. The fraction of sp³-hybridized carbons (Fsp3) is 0.273. The molecule has 0 radical (unpaired) electrons. The van der Waals surface area contributed by atoms with E-state index in [9.17, 15) is 14.7 Å². The number of carbonyl (C=O) groups excluding carboxylic acids is 1. The summed E-state index contributed by atoms with van der Waals surface area (Å²) in [5, 5.41) is 27.2. The van der Waals surface area contributed by atoms with Crippen molar-refractivity contribution in [3.8, 4) is 0 Å². The van der Waals surface area contributed by atoms with Gasteiger partial charge in [0.05, 0.1) is 0 Å². The number of hydrogen-bond acceptors (Lipinski definition) is 4. The zero-order valence-electron chi connectivity index (χ0n) is 8.62. The topological polar surface area (TPSA) is 94.8 Å². The van der Waals surface area contributed by atoms with E-state index in [4.69, 9.17) is 10.2 Å². The first-order valence-corrected chi connectivity index (χ1v) is 4.63. The highest BCUT2D eigenvalue weighted by Gasteiger charge is 2.25. The number of aliphatic hydroxyl groups excluding tert-OH is 2. The predicted molar refractivity (Wildman–Crippen MR) is 55.0 cm³/mol. The zero-order chi connectivity index (χ0) is 12.3. The summed E-state index contributed by atoms with van der Waals surface area (Å²) < 4.78 is 0. The second-order valence-electron chi connectivity index (χ2n) is 3.41. The highest BCUT2D eigenvalue weighted by atomic mass is 16.4. The number of aliphatic carboxylic acids is 1. The third-order valence-electron chi connectivity index (χ3n) is 2.19. The summed E-state index contributed by atoms with van der Waals surface area (Å²) in [6.45, 7) is 1.36. The molecule has 1 aromatic rings. The number of carboxylic acids is 1. The quantitative estimate of drug-likeness (QED) is 0.642. The predicted octanol–water partition coefficient (Wildman–Crippen LogP) is 0.368. The van der Waals surface area contributed by atoms with Gasteiger partial charge in [-0.1, -0.05) is 18.2 Å². The molecule has 0 saturated carbocycles. The molecular formula is C11H12O5. The smallest absolute Gasteiger partial charge is 0.335 e. The van der Waals surface area contributed by atoms with Crippen molar-refractivity contribution in [1.29, 1.82) is 0 Å². The molecule has 86 valence electrons. The van der Waals surface area contributed by atoms with E-state index in [0.717, 1.165) is 0 Å². The van der Waals surface area contributed by atoms with E-state index < -0.39 is 18.2 Å². The number of carbonyl (C=O) groups is 2. The van der Waals surface area contributed by atoms with Gasteiger partial charge in [-0.15, -0.1) is 0 Å². The maximum Gasteiger partial charge on any atom is 0.335 e. The van der Waals surface area contributed by atoms with Crippen molar-refractivity contribution in [2.75, 3.05) is 0 Å². The van der Waals surface area contributed by atoms with E-state index in [1.807, 2.05) is 0 Å². The van der Waals surface area contributed by atoms with E-state index in [2.05, 4.69) is 0 Å². The Balaban J connectivity index is 3.00. The molecule has 5 heteroatoms. The lowest BCUT2D eigenvalue weighted by Gasteiger charge is -2.14. The Hall–Kier alpha value is -1.72. The van der Waals surface area contributed by atoms with E-state index >= 15 is 0 Å². The first-order valence-electron chi connectivity index (χ1n) is 4.63. The van der Waals surface area contributed by atoms with Crippen molar-refractivity contribution < 1.29 is 24.9 Å². The number of aliphatic hydroxyl groups is 2. The standard InChI is InChI=1S/C11H12O5/c1-6(12)7-3-2-4-8(5-7)9(13)10(14)11(15)16/h2-5,9-10,13-14H,1H3,(H,15,16). The highest BCUT2D eigenvalue weighted by molar-refractivity contribution is 5.94. The molecular weight excluding hydrogens is 212 g/mol. The molecule has 2 atom stereocenters. The van der Waals surface area contributed by atoms with Gasteiger partial charge in [0.15, 0.2) is 11.9 Å². The summed E-state index contributed by atoms with van der Waals surface area (Å²) in [7, 11) is 0. The molecule has 1 aromatic carbocycles. The number of ketones is 1. The summed E-state index contributed by atoms with van der Waals surface area (Å²) in [5.41, 5.74) is 0.553. The van der Waals surface area contributed by atoms with Gasteiger partial charge < -0.3 is 15.3 Å². The van der Waals surface area contributed by atoms with Crippen LogP contribution in [-0.4, -0.2) is 33.2 Å². The average Bonchev–Trinajstić information content (AvgIpc) is 2.27. The number of hydrogen-bond donors (Lipinski definition) is 3. The second kappa shape index (κ2) is 4.87. The van der Waals surface area contributed by atoms with E-state index in [1.165, 1.54) is 25.1 Å². The Kier molecular flexibility index (Phi) is 3.76. The summed E-state index contributed by atoms with van der Waals surface area (Å²) in [4.78, 5) is 21.5. The molecule has 16 heavy (non-hydrogen) atoms.